The van der Waals surface area contributed by atoms with Gasteiger partial charge < -0.3 is 10.8 Å². The van der Waals surface area contributed by atoms with E-state index in [1.807, 2.05) is 19.9 Å². The predicted molar refractivity (Wildman–Crippen MR) is 43.6 cm³/mol. The van der Waals surface area contributed by atoms with Crippen molar-refractivity contribution in [1.29, 1.82) is 0 Å². The van der Waals surface area contributed by atoms with Gasteiger partial charge in [-0.05, 0) is 19.8 Å². The second-order valence-electron chi connectivity index (χ2n) is 2.84. The monoisotopic (exact) mass is 143 g/mol. The summed E-state index contributed by atoms with van der Waals surface area (Å²) in [6.45, 7) is 5.71. The molecule has 0 aliphatic carbocycles. The summed E-state index contributed by atoms with van der Waals surface area (Å²) < 4.78 is 0. The third kappa shape index (κ3) is 4.53. The van der Waals surface area contributed by atoms with E-state index in [4.69, 9.17) is 10.8 Å². The zero-order valence-electron chi connectivity index (χ0n) is 6.91. The van der Waals surface area contributed by atoms with Gasteiger partial charge in [0.25, 0.3) is 0 Å². The van der Waals surface area contributed by atoms with Crippen molar-refractivity contribution in [2.75, 3.05) is 0 Å². The van der Waals surface area contributed by atoms with Gasteiger partial charge in [-0.2, -0.15) is 0 Å². The topological polar surface area (TPSA) is 46.2 Å². The number of aliphatic hydroxyl groups is 1. The highest BCUT2D eigenvalue weighted by molar-refractivity contribution is 4.92. The van der Waals surface area contributed by atoms with E-state index < -0.39 is 0 Å². The molecule has 3 atom stereocenters. The number of hydrogen-bond donors (Lipinski definition) is 2. The molecule has 0 aromatic rings. The van der Waals surface area contributed by atoms with Crippen LogP contribution < -0.4 is 5.73 Å². The van der Waals surface area contributed by atoms with Crippen LogP contribution in [-0.4, -0.2) is 17.3 Å². The lowest BCUT2D eigenvalue weighted by Gasteiger charge is -2.09. The number of aliphatic hydroxyl groups excluding tert-OH is 1. The van der Waals surface area contributed by atoms with Crippen LogP contribution in [0.15, 0.2) is 12.2 Å². The maximum atomic E-state index is 8.86. The van der Waals surface area contributed by atoms with Crippen molar-refractivity contribution in [3.05, 3.63) is 12.2 Å². The van der Waals surface area contributed by atoms with Crippen LogP contribution in [0, 0.1) is 5.92 Å². The van der Waals surface area contributed by atoms with Crippen molar-refractivity contribution in [2.45, 2.75) is 32.9 Å². The standard InChI is InChI=1S/C8H17NO/c1-6(8(3)9)4-5-7(2)10/h4-8,10H,9H2,1-3H3/b5-4-/t6?,7?,8-/m1/s1. The van der Waals surface area contributed by atoms with Gasteiger partial charge in [0.2, 0.25) is 0 Å². The first-order valence-electron chi connectivity index (χ1n) is 3.66. The van der Waals surface area contributed by atoms with Crippen LogP contribution in [0.25, 0.3) is 0 Å². The molecule has 0 fully saturated rings. The molecule has 0 radical (unpaired) electrons. The van der Waals surface area contributed by atoms with E-state index in [1.165, 1.54) is 0 Å². The van der Waals surface area contributed by atoms with Crippen LogP contribution in [0.3, 0.4) is 0 Å². The molecule has 0 aliphatic heterocycles. The van der Waals surface area contributed by atoms with Gasteiger partial charge in [0.15, 0.2) is 0 Å². The van der Waals surface area contributed by atoms with Gasteiger partial charge in [-0.1, -0.05) is 19.1 Å². The van der Waals surface area contributed by atoms with Crippen molar-refractivity contribution in [1.82, 2.24) is 0 Å². The fourth-order valence-electron chi connectivity index (χ4n) is 0.511. The second kappa shape index (κ2) is 4.47. The van der Waals surface area contributed by atoms with Gasteiger partial charge >= 0.3 is 0 Å². The highest BCUT2D eigenvalue weighted by atomic mass is 16.3. The Morgan fingerprint density at radius 2 is 1.70 bits per heavy atom. The maximum Gasteiger partial charge on any atom is 0.0692 e. The molecule has 3 N–H and O–H groups in total. The minimum absolute atomic E-state index is 0.162. The average Bonchev–Trinajstić information content (AvgIpc) is 1.82. The van der Waals surface area contributed by atoms with Crippen LogP contribution in [0.5, 0.6) is 0 Å². The van der Waals surface area contributed by atoms with Crippen LogP contribution in [-0.2, 0) is 0 Å². The number of nitrogens with two attached hydrogens (primary N) is 1. The number of hydrogen-bond acceptors (Lipinski definition) is 2. The van der Waals surface area contributed by atoms with Gasteiger partial charge in [-0.25, -0.2) is 0 Å². The molecule has 0 bridgehead atoms. The lowest BCUT2D eigenvalue weighted by molar-refractivity contribution is 0.243. The van der Waals surface area contributed by atoms with Crippen LogP contribution in [0.2, 0.25) is 0 Å². The Hall–Kier alpha value is -0.340. The van der Waals surface area contributed by atoms with Crippen molar-refractivity contribution in [3.8, 4) is 0 Å². The third-order valence-electron chi connectivity index (χ3n) is 1.52. The lowest BCUT2D eigenvalue weighted by atomic mass is 10.0. The van der Waals surface area contributed by atoms with Gasteiger partial charge in [0.1, 0.15) is 0 Å². The summed E-state index contributed by atoms with van der Waals surface area (Å²) in [5.41, 5.74) is 5.59. The first kappa shape index (κ1) is 9.66. The highest BCUT2D eigenvalue weighted by Crippen LogP contribution is 2.01. The van der Waals surface area contributed by atoms with Crippen molar-refractivity contribution < 1.29 is 5.11 Å². The van der Waals surface area contributed by atoms with Gasteiger partial charge in [0.05, 0.1) is 6.10 Å². The summed E-state index contributed by atoms with van der Waals surface area (Å²) in [6.07, 6.45) is 3.34. The average molecular weight is 143 g/mol. The normalized spacial score (nSPS) is 20.9. The van der Waals surface area contributed by atoms with Crippen LogP contribution in [0.4, 0.5) is 0 Å². The Bertz CT molecular complexity index is 108. The Balaban J connectivity index is 3.66. The van der Waals surface area contributed by atoms with E-state index in [2.05, 4.69) is 0 Å². The van der Waals surface area contributed by atoms with Crippen LogP contribution >= 0.6 is 0 Å². The van der Waals surface area contributed by atoms with E-state index >= 15 is 0 Å². The summed E-state index contributed by atoms with van der Waals surface area (Å²) in [4.78, 5) is 0. The van der Waals surface area contributed by atoms with E-state index in [0.29, 0.717) is 5.92 Å². The first-order chi connectivity index (χ1) is 4.54. The van der Waals surface area contributed by atoms with Gasteiger partial charge in [0, 0.05) is 6.04 Å². The molecule has 0 rings (SSSR count). The van der Waals surface area contributed by atoms with Gasteiger partial charge in [-0.15, -0.1) is 0 Å². The van der Waals surface area contributed by atoms with E-state index in [0.717, 1.165) is 0 Å². The molecule has 0 aliphatic rings. The maximum absolute atomic E-state index is 8.86. The molecule has 0 aromatic carbocycles. The van der Waals surface area contributed by atoms with E-state index in [-0.39, 0.29) is 12.1 Å². The van der Waals surface area contributed by atoms with Crippen molar-refractivity contribution in [2.24, 2.45) is 11.7 Å². The third-order valence-corrected chi connectivity index (χ3v) is 1.52. The largest absolute Gasteiger partial charge is 0.389 e. The number of rotatable bonds is 3. The zero-order chi connectivity index (χ0) is 8.15. The minimum Gasteiger partial charge on any atom is -0.389 e. The molecule has 0 aromatic heterocycles. The summed E-state index contributed by atoms with van der Waals surface area (Å²) in [6, 6.07) is 0.162. The quantitative estimate of drug-likeness (QED) is 0.577. The molecule has 2 unspecified atom stereocenters. The fraction of sp³-hybridized carbons (Fsp3) is 0.750. The molecule has 0 spiro atoms. The highest BCUT2D eigenvalue weighted by Gasteiger charge is 2.01. The minimum atomic E-state index is -0.360. The molecule has 0 heterocycles. The van der Waals surface area contributed by atoms with Gasteiger partial charge in [-0.3, -0.25) is 0 Å². The Morgan fingerprint density at radius 1 is 1.20 bits per heavy atom. The summed E-state index contributed by atoms with van der Waals surface area (Å²) >= 11 is 0. The Morgan fingerprint density at radius 3 is 2.00 bits per heavy atom. The lowest BCUT2D eigenvalue weighted by Crippen LogP contribution is -2.22. The second-order valence-corrected chi connectivity index (χ2v) is 2.84. The predicted octanol–water partition coefficient (Wildman–Crippen LogP) is 0.907. The molecule has 10 heavy (non-hydrogen) atoms. The fourth-order valence-corrected chi connectivity index (χ4v) is 0.511. The van der Waals surface area contributed by atoms with E-state index in [9.17, 15) is 0 Å². The smallest absolute Gasteiger partial charge is 0.0692 e. The molecule has 60 valence electrons. The van der Waals surface area contributed by atoms with Crippen molar-refractivity contribution in [3.63, 3.8) is 0 Å². The zero-order valence-corrected chi connectivity index (χ0v) is 6.91. The molecule has 0 amide bonds. The molecule has 0 saturated heterocycles. The first-order valence-corrected chi connectivity index (χ1v) is 3.66. The summed E-state index contributed by atoms with van der Waals surface area (Å²) in [7, 11) is 0. The van der Waals surface area contributed by atoms with Crippen molar-refractivity contribution >= 4 is 0 Å². The Kier molecular flexibility index (Phi) is 4.32. The van der Waals surface area contributed by atoms with E-state index in [1.54, 1.807) is 13.0 Å². The Labute approximate surface area is 62.7 Å². The molecule has 0 saturated carbocycles. The molecule has 2 heteroatoms. The summed E-state index contributed by atoms with van der Waals surface area (Å²) in [5.74, 6) is 0.342. The SMILES string of the molecule is CC(O)/C=C\C(C)[C@@H](C)N. The molecular weight excluding hydrogens is 126 g/mol. The summed E-state index contributed by atoms with van der Waals surface area (Å²) in [5, 5.41) is 8.86. The molecular formula is C8H17NO. The molecule has 2 nitrogen and oxygen atoms in total. The van der Waals surface area contributed by atoms with Crippen LogP contribution in [0.1, 0.15) is 20.8 Å².